The first-order valence-electron chi connectivity index (χ1n) is 11.2. The van der Waals surface area contributed by atoms with E-state index in [9.17, 15) is 4.79 Å². The molecule has 0 bridgehead atoms. The van der Waals surface area contributed by atoms with Crippen LogP contribution in [0.3, 0.4) is 0 Å². The molecular weight excluding hydrogens is 428 g/mol. The molecule has 1 unspecified atom stereocenters. The summed E-state index contributed by atoms with van der Waals surface area (Å²) in [5, 5.41) is 7.65. The number of allylic oxidation sites excluding steroid dienone is 1. The van der Waals surface area contributed by atoms with Crippen LogP contribution < -0.4 is 5.32 Å². The largest absolute Gasteiger partial charge is 0.452 e. The maximum absolute atomic E-state index is 13.5. The molecule has 4 nitrogen and oxygen atoms in total. The third-order valence-electron chi connectivity index (χ3n) is 6.47. The number of carbonyl (C=O) groups is 1. The number of ketones is 1. The topological polar surface area (TPSA) is 55.1 Å². The lowest BCUT2D eigenvalue weighted by molar-refractivity contribution is -0.118. The zero-order valence-electron chi connectivity index (χ0n) is 18.6. The molecule has 0 fully saturated rings. The number of pyridine rings is 1. The molecule has 1 atom stereocenters. The smallest absolute Gasteiger partial charge is 0.166 e. The Bertz CT molecular complexity index is 1420. The van der Waals surface area contributed by atoms with Crippen molar-refractivity contribution in [2.75, 3.05) is 5.32 Å². The summed E-state index contributed by atoms with van der Waals surface area (Å²) in [5.74, 6) is 0.959. The van der Waals surface area contributed by atoms with Gasteiger partial charge in [0.15, 0.2) is 10.9 Å². The van der Waals surface area contributed by atoms with Crippen molar-refractivity contribution in [2.24, 2.45) is 5.41 Å². The van der Waals surface area contributed by atoms with Gasteiger partial charge in [-0.2, -0.15) is 0 Å². The number of hydrogen-bond acceptors (Lipinski definition) is 5. The molecule has 3 heterocycles. The van der Waals surface area contributed by atoms with Gasteiger partial charge in [-0.3, -0.25) is 4.79 Å². The van der Waals surface area contributed by atoms with Gasteiger partial charge in [0.1, 0.15) is 16.8 Å². The Morgan fingerprint density at radius 1 is 1.00 bits per heavy atom. The van der Waals surface area contributed by atoms with Crippen LogP contribution in [0.4, 0.5) is 5.69 Å². The number of benzene rings is 2. The highest BCUT2D eigenvalue weighted by Gasteiger charge is 2.41. The first-order valence-corrected chi connectivity index (χ1v) is 12.0. The van der Waals surface area contributed by atoms with Crippen molar-refractivity contribution in [1.82, 2.24) is 4.98 Å². The fourth-order valence-corrected chi connectivity index (χ4v) is 5.85. The average molecular weight is 453 g/mol. The second-order valence-corrected chi connectivity index (χ2v) is 10.6. The summed E-state index contributed by atoms with van der Waals surface area (Å²) >= 11 is 1.48. The molecule has 0 saturated heterocycles. The monoisotopic (exact) mass is 452 g/mol. The normalized spacial score (nSPS) is 19.2. The van der Waals surface area contributed by atoms with Crippen LogP contribution in [0, 0.1) is 5.41 Å². The number of anilines is 1. The minimum absolute atomic E-state index is 0.0742. The van der Waals surface area contributed by atoms with Gasteiger partial charge in [-0.1, -0.05) is 50.2 Å². The van der Waals surface area contributed by atoms with Gasteiger partial charge in [-0.15, -0.1) is 0 Å². The number of aromatic nitrogens is 1. The molecule has 1 N–H and O–H groups in total. The molecule has 2 aliphatic rings. The molecular formula is C28H24N2O2S. The van der Waals surface area contributed by atoms with Gasteiger partial charge in [-0.25, -0.2) is 4.98 Å². The van der Waals surface area contributed by atoms with E-state index in [1.807, 2.05) is 30.3 Å². The maximum atomic E-state index is 13.5. The van der Waals surface area contributed by atoms with Crippen LogP contribution in [0.1, 0.15) is 44.1 Å². The van der Waals surface area contributed by atoms with Crippen LogP contribution in [0.15, 0.2) is 93.0 Å². The molecule has 0 amide bonds. The van der Waals surface area contributed by atoms with Gasteiger partial charge in [0.05, 0.1) is 0 Å². The highest BCUT2D eigenvalue weighted by Crippen LogP contribution is 2.52. The minimum atomic E-state index is -0.296. The van der Waals surface area contributed by atoms with E-state index in [1.54, 1.807) is 6.20 Å². The Kier molecular flexibility index (Phi) is 4.70. The van der Waals surface area contributed by atoms with Crippen LogP contribution >= 0.6 is 11.8 Å². The fourth-order valence-electron chi connectivity index (χ4n) is 5.11. The Labute approximate surface area is 197 Å². The first kappa shape index (κ1) is 20.3. The van der Waals surface area contributed by atoms with E-state index in [0.717, 1.165) is 44.7 Å². The zero-order valence-corrected chi connectivity index (χ0v) is 19.4. The molecule has 6 rings (SSSR count). The number of hydrogen-bond donors (Lipinski definition) is 1. The molecule has 4 aromatic rings. The molecule has 0 saturated carbocycles. The molecule has 2 aromatic heterocycles. The van der Waals surface area contributed by atoms with E-state index in [1.165, 1.54) is 22.5 Å². The van der Waals surface area contributed by atoms with Crippen LogP contribution in [0.2, 0.25) is 0 Å². The number of rotatable bonds is 3. The molecule has 5 heteroatoms. The molecule has 2 aromatic carbocycles. The molecule has 33 heavy (non-hydrogen) atoms. The Balaban J connectivity index is 1.48. The van der Waals surface area contributed by atoms with Crippen molar-refractivity contribution < 1.29 is 9.21 Å². The van der Waals surface area contributed by atoms with E-state index in [2.05, 4.69) is 60.5 Å². The second-order valence-electron chi connectivity index (χ2n) is 9.55. The molecule has 0 radical (unpaired) electrons. The minimum Gasteiger partial charge on any atom is -0.452 e. The SMILES string of the molecule is CC1(C)CC(=O)C2=C(C1)c1c(ccc3ccccc13)NC2c1ccc(Sc2ccccn2)o1. The number of nitrogens with zero attached hydrogens (tertiary/aromatic N) is 1. The van der Waals surface area contributed by atoms with Crippen molar-refractivity contribution in [1.29, 1.82) is 0 Å². The Morgan fingerprint density at radius 2 is 1.85 bits per heavy atom. The summed E-state index contributed by atoms with van der Waals surface area (Å²) in [7, 11) is 0. The summed E-state index contributed by atoms with van der Waals surface area (Å²) in [4.78, 5) is 17.9. The van der Waals surface area contributed by atoms with E-state index < -0.39 is 0 Å². The fraction of sp³-hybridized carbons (Fsp3) is 0.214. The van der Waals surface area contributed by atoms with Gasteiger partial charge < -0.3 is 9.73 Å². The number of carbonyl (C=O) groups excluding carboxylic acids is 1. The lowest BCUT2D eigenvalue weighted by Crippen LogP contribution is -2.33. The molecule has 1 aliphatic heterocycles. The molecule has 0 spiro atoms. The molecule has 164 valence electrons. The summed E-state index contributed by atoms with van der Waals surface area (Å²) in [5.41, 5.74) is 4.15. The third kappa shape index (κ3) is 3.57. The van der Waals surface area contributed by atoms with Crippen LogP contribution in [0.5, 0.6) is 0 Å². The van der Waals surface area contributed by atoms with Gasteiger partial charge in [0.25, 0.3) is 0 Å². The quantitative estimate of drug-likeness (QED) is 0.354. The summed E-state index contributed by atoms with van der Waals surface area (Å²) < 4.78 is 6.25. The van der Waals surface area contributed by atoms with Crippen molar-refractivity contribution in [3.8, 4) is 0 Å². The summed E-state index contributed by atoms with van der Waals surface area (Å²) in [6.45, 7) is 4.37. The Hall–Kier alpha value is -3.31. The van der Waals surface area contributed by atoms with E-state index >= 15 is 0 Å². The standard InChI is InChI=1S/C28H24N2O2S/c1-28(2)15-19-25-18-8-4-3-7-17(18)10-11-20(25)30-27(26(19)21(31)16-28)22-12-13-24(32-22)33-23-9-5-6-14-29-23/h3-14,27,30H,15-16H2,1-2H3. The number of fused-ring (bicyclic) bond motifs is 4. The highest BCUT2D eigenvalue weighted by molar-refractivity contribution is 7.99. The van der Waals surface area contributed by atoms with Gasteiger partial charge in [0, 0.05) is 29.4 Å². The van der Waals surface area contributed by atoms with Gasteiger partial charge >= 0.3 is 0 Å². The first-order chi connectivity index (χ1) is 16.0. The average Bonchev–Trinajstić information content (AvgIpc) is 3.26. The van der Waals surface area contributed by atoms with E-state index in [0.29, 0.717) is 6.42 Å². The number of furan rings is 1. The zero-order chi connectivity index (χ0) is 22.6. The van der Waals surface area contributed by atoms with Crippen LogP contribution in [-0.2, 0) is 4.79 Å². The van der Waals surface area contributed by atoms with E-state index in [-0.39, 0.29) is 17.2 Å². The van der Waals surface area contributed by atoms with Crippen molar-refractivity contribution in [3.05, 3.63) is 89.8 Å². The number of Topliss-reactive ketones (excluding diaryl/α,β-unsaturated/α-hetero) is 1. The highest BCUT2D eigenvalue weighted by atomic mass is 32.2. The number of nitrogens with one attached hydrogen (secondary N) is 1. The third-order valence-corrected chi connectivity index (χ3v) is 7.34. The van der Waals surface area contributed by atoms with Crippen molar-refractivity contribution >= 4 is 39.6 Å². The van der Waals surface area contributed by atoms with Crippen LogP contribution in [0.25, 0.3) is 16.3 Å². The molecule has 1 aliphatic carbocycles. The summed E-state index contributed by atoms with van der Waals surface area (Å²) in [6.07, 6.45) is 3.18. The predicted octanol–water partition coefficient (Wildman–Crippen LogP) is 7.29. The van der Waals surface area contributed by atoms with Crippen molar-refractivity contribution in [3.63, 3.8) is 0 Å². The lowest BCUT2D eigenvalue weighted by Gasteiger charge is -2.39. The van der Waals surface area contributed by atoms with Crippen molar-refractivity contribution in [2.45, 2.75) is 42.8 Å². The van der Waals surface area contributed by atoms with E-state index in [4.69, 9.17) is 4.42 Å². The maximum Gasteiger partial charge on any atom is 0.166 e. The lowest BCUT2D eigenvalue weighted by atomic mass is 9.68. The second kappa shape index (κ2) is 7.63. The van der Waals surface area contributed by atoms with Gasteiger partial charge in [-0.05, 0) is 70.3 Å². The van der Waals surface area contributed by atoms with Crippen LogP contribution in [-0.4, -0.2) is 10.8 Å². The summed E-state index contributed by atoms with van der Waals surface area (Å²) in [6, 6.07) is 22.1. The predicted molar refractivity (Wildman–Crippen MR) is 132 cm³/mol. The van der Waals surface area contributed by atoms with Gasteiger partial charge in [0.2, 0.25) is 0 Å². The Morgan fingerprint density at radius 3 is 2.70 bits per heavy atom.